The van der Waals surface area contributed by atoms with Crippen LogP contribution in [0.25, 0.3) is 6.08 Å². The third-order valence-electron chi connectivity index (χ3n) is 4.74. The van der Waals surface area contributed by atoms with Gasteiger partial charge in [-0.15, -0.1) is 0 Å². The molecular weight excluding hydrogens is 443 g/mol. The first-order valence-electron chi connectivity index (χ1n) is 9.94. The topological polar surface area (TPSA) is 102 Å². The Morgan fingerprint density at radius 3 is 2.50 bits per heavy atom. The number of hydrogen-bond donors (Lipinski definition) is 2. The highest BCUT2D eigenvalue weighted by atomic mass is 32.2. The van der Waals surface area contributed by atoms with Crippen molar-refractivity contribution in [3.05, 3.63) is 64.5 Å². The number of aryl methyl sites for hydroxylation is 2. The van der Waals surface area contributed by atoms with Crippen LogP contribution in [0.5, 0.6) is 0 Å². The van der Waals surface area contributed by atoms with Crippen molar-refractivity contribution in [2.45, 2.75) is 50.3 Å². The Balaban J connectivity index is 2.17. The highest BCUT2D eigenvalue weighted by Gasteiger charge is 2.32. The van der Waals surface area contributed by atoms with E-state index in [1.54, 1.807) is 13.0 Å². The number of halogens is 3. The number of nitrogens with one attached hydrogen (secondary N) is 1. The van der Waals surface area contributed by atoms with E-state index in [1.807, 2.05) is 6.92 Å². The van der Waals surface area contributed by atoms with Crippen LogP contribution in [0, 0.1) is 6.92 Å². The maximum absolute atomic E-state index is 13.0. The lowest BCUT2D eigenvalue weighted by Gasteiger charge is -2.15. The molecule has 0 spiro atoms. The van der Waals surface area contributed by atoms with Gasteiger partial charge in [-0.05, 0) is 54.7 Å². The Hall–Kier alpha value is -2.72. The van der Waals surface area contributed by atoms with E-state index < -0.39 is 33.8 Å². The number of nitrogens with zero attached hydrogens (tertiary/aromatic N) is 1. The van der Waals surface area contributed by atoms with Crippen LogP contribution in [0.2, 0.25) is 0 Å². The van der Waals surface area contributed by atoms with Gasteiger partial charge in [0.2, 0.25) is 5.91 Å². The summed E-state index contributed by atoms with van der Waals surface area (Å²) in [4.78, 5) is 16.2. The van der Waals surface area contributed by atoms with E-state index in [0.717, 1.165) is 18.7 Å². The van der Waals surface area contributed by atoms with Gasteiger partial charge in [-0.2, -0.15) is 13.2 Å². The van der Waals surface area contributed by atoms with Crippen molar-refractivity contribution in [2.24, 2.45) is 5.73 Å². The molecule has 0 bridgehead atoms. The Kier molecular flexibility index (Phi) is 8.19. The number of rotatable bonds is 8. The first kappa shape index (κ1) is 25.5. The molecule has 1 amide bonds. The first-order valence-corrected chi connectivity index (χ1v) is 11.8. The van der Waals surface area contributed by atoms with Crippen LogP contribution >= 0.6 is 0 Å². The Bertz CT molecular complexity index is 1110. The molecule has 2 aromatic rings. The molecule has 6 nitrogen and oxygen atoms in total. The second-order valence-corrected chi connectivity index (χ2v) is 9.43. The van der Waals surface area contributed by atoms with Crippen LogP contribution in [-0.4, -0.2) is 25.6 Å². The Morgan fingerprint density at radius 1 is 1.25 bits per heavy atom. The summed E-state index contributed by atoms with van der Waals surface area (Å²) < 4.78 is 62.3. The quantitative estimate of drug-likeness (QED) is 0.450. The fourth-order valence-electron chi connectivity index (χ4n) is 3.10. The number of benzene rings is 1. The van der Waals surface area contributed by atoms with Crippen molar-refractivity contribution in [2.75, 3.05) is 6.26 Å². The second kappa shape index (κ2) is 10.3. The maximum Gasteiger partial charge on any atom is 0.433 e. The Morgan fingerprint density at radius 2 is 1.94 bits per heavy atom. The number of unbranched alkanes of at least 4 members (excludes halogenated alkanes) is 1. The van der Waals surface area contributed by atoms with E-state index in [9.17, 15) is 26.4 Å². The summed E-state index contributed by atoms with van der Waals surface area (Å²) in [6.07, 6.45) is 0.0423. The van der Waals surface area contributed by atoms with E-state index in [0.29, 0.717) is 29.5 Å². The van der Waals surface area contributed by atoms with Crippen molar-refractivity contribution in [3.63, 3.8) is 0 Å². The molecule has 174 valence electrons. The average molecular weight is 470 g/mol. The molecule has 0 saturated heterocycles. The van der Waals surface area contributed by atoms with Gasteiger partial charge >= 0.3 is 6.18 Å². The van der Waals surface area contributed by atoms with E-state index in [1.165, 1.54) is 30.4 Å². The number of pyridine rings is 1. The van der Waals surface area contributed by atoms with Gasteiger partial charge in [-0.3, -0.25) is 4.79 Å². The SMILES string of the molecule is CCCCc1nc(C(F)(F)F)ccc1C=CC(=O)NC(N)c1ccc(S(C)(=O)=O)c(C)c1. The number of nitrogens with two attached hydrogens (primary N) is 1. The maximum atomic E-state index is 13.0. The third-order valence-corrected chi connectivity index (χ3v) is 5.99. The lowest BCUT2D eigenvalue weighted by atomic mass is 10.1. The van der Waals surface area contributed by atoms with Crippen LogP contribution in [0.3, 0.4) is 0 Å². The van der Waals surface area contributed by atoms with Crippen LogP contribution in [-0.2, 0) is 27.2 Å². The standard InChI is InChI=1S/C22H26F3N3O3S/c1-4-5-6-17-15(8-11-19(27-17)22(23,24)25)9-12-20(29)28-21(26)16-7-10-18(14(2)13-16)32(3,30)31/h7-13,21H,4-6,26H2,1-3H3,(H,28,29). The van der Waals surface area contributed by atoms with E-state index >= 15 is 0 Å². The van der Waals surface area contributed by atoms with Crippen molar-refractivity contribution >= 4 is 21.8 Å². The third kappa shape index (κ3) is 6.89. The number of hydrogen-bond acceptors (Lipinski definition) is 5. The highest BCUT2D eigenvalue weighted by molar-refractivity contribution is 7.90. The monoisotopic (exact) mass is 469 g/mol. The van der Waals surface area contributed by atoms with Crippen LogP contribution in [0.1, 0.15) is 54.0 Å². The van der Waals surface area contributed by atoms with Crippen molar-refractivity contribution < 1.29 is 26.4 Å². The van der Waals surface area contributed by atoms with E-state index in [2.05, 4.69) is 10.3 Å². The molecule has 0 aliphatic rings. The molecule has 0 saturated carbocycles. The molecule has 1 aromatic heterocycles. The number of carbonyl (C=O) groups excluding carboxylic acids is 1. The first-order chi connectivity index (χ1) is 14.8. The molecule has 0 radical (unpaired) electrons. The van der Waals surface area contributed by atoms with Crippen molar-refractivity contribution in [1.82, 2.24) is 10.3 Å². The summed E-state index contributed by atoms with van der Waals surface area (Å²) in [6, 6.07) is 6.69. The molecule has 10 heteroatoms. The summed E-state index contributed by atoms with van der Waals surface area (Å²) in [5, 5.41) is 2.55. The van der Waals surface area contributed by atoms with E-state index in [4.69, 9.17) is 5.73 Å². The molecule has 0 fully saturated rings. The molecule has 0 aliphatic heterocycles. The smallest absolute Gasteiger partial charge is 0.333 e. The normalized spacial score (nSPS) is 13.3. The minimum absolute atomic E-state index is 0.175. The van der Waals surface area contributed by atoms with Gasteiger partial charge in [0.1, 0.15) is 11.9 Å². The molecule has 1 aromatic carbocycles. The molecule has 0 aliphatic carbocycles. The zero-order valence-corrected chi connectivity index (χ0v) is 18.8. The average Bonchev–Trinajstić information content (AvgIpc) is 2.69. The molecular formula is C22H26F3N3O3S. The molecule has 2 rings (SSSR count). The van der Waals surface area contributed by atoms with Crippen LogP contribution in [0.15, 0.2) is 41.3 Å². The lowest BCUT2D eigenvalue weighted by Crippen LogP contribution is -2.33. The molecule has 1 heterocycles. The number of sulfone groups is 1. The second-order valence-electron chi connectivity index (χ2n) is 7.45. The van der Waals surface area contributed by atoms with Gasteiger partial charge in [0.15, 0.2) is 9.84 Å². The van der Waals surface area contributed by atoms with Crippen LogP contribution in [0.4, 0.5) is 13.2 Å². The Labute approximate surface area is 185 Å². The number of carbonyl (C=O) groups is 1. The predicted octanol–water partition coefficient (Wildman–Crippen LogP) is 3.94. The molecule has 1 atom stereocenters. The zero-order chi connectivity index (χ0) is 24.1. The zero-order valence-electron chi connectivity index (χ0n) is 18.0. The number of alkyl halides is 3. The summed E-state index contributed by atoms with van der Waals surface area (Å²) >= 11 is 0. The summed E-state index contributed by atoms with van der Waals surface area (Å²) in [5.74, 6) is -0.552. The predicted molar refractivity (Wildman–Crippen MR) is 116 cm³/mol. The fraction of sp³-hybridized carbons (Fsp3) is 0.364. The largest absolute Gasteiger partial charge is 0.433 e. The number of aromatic nitrogens is 1. The molecule has 1 unspecified atom stereocenters. The lowest BCUT2D eigenvalue weighted by molar-refractivity contribution is -0.141. The summed E-state index contributed by atoms with van der Waals surface area (Å²) in [5.41, 5.74) is 6.73. The van der Waals surface area contributed by atoms with Crippen molar-refractivity contribution in [1.29, 1.82) is 0 Å². The van der Waals surface area contributed by atoms with E-state index in [-0.39, 0.29) is 10.6 Å². The number of amides is 1. The minimum atomic E-state index is -4.54. The van der Waals surface area contributed by atoms with Gasteiger partial charge < -0.3 is 11.1 Å². The summed E-state index contributed by atoms with van der Waals surface area (Å²) in [6.45, 7) is 3.55. The minimum Gasteiger partial charge on any atom is -0.333 e. The van der Waals surface area contributed by atoms with Gasteiger partial charge in [0.05, 0.1) is 4.90 Å². The molecule has 32 heavy (non-hydrogen) atoms. The summed E-state index contributed by atoms with van der Waals surface area (Å²) in [7, 11) is -3.38. The molecule has 3 N–H and O–H groups in total. The van der Waals surface area contributed by atoms with Gasteiger partial charge in [-0.25, -0.2) is 13.4 Å². The van der Waals surface area contributed by atoms with Gasteiger partial charge in [0.25, 0.3) is 0 Å². The van der Waals surface area contributed by atoms with Gasteiger partial charge in [0, 0.05) is 18.0 Å². The van der Waals surface area contributed by atoms with Gasteiger partial charge in [-0.1, -0.05) is 31.5 Å². The highest BCUT2D eigenvalue weighted by Crippen LogP contribution is 2.29. The fourth-order valence-corrected chi connectivity index (χ4v) is 4.06. The van der Waals surface area contributed by atoms with Crippen molar-refractivity contribution in [3.8, 4) is 0 Å². The van der Waals surface area contributed by atoms with Crippen LogP contribution < -0.4 is 11.1 Å².